The molecule has 0 atom stereocenters. The Kier molecular flexibility index (Phi) is 3.92. The Bertz CT molecular complexity index is 733. The highest BCUT2D eigenvalue weighted by Crippen LogP contribution is 2.23. The number of carbonyl (C=O) groups is 1. The minimum Gasteiger partial charge on any atom is -0.508 e. The fourth-order valence-electron chi connectivity index (χ4n) is 2.67. The van der Waals surface area contributed by atoms with Gasteiger partial charge in [0, 0.05) is 5.56 Å². The van der Waals surface area contributed by atoms with Gasteiger partial charge in [-0.05, 0) is 73.2 Å². The van der Waals surface area contributed by atoms with Gasteiger partial charge in [0.2, 0.25) is 0 Å². The summed E-state index contributed by atoms with van der Waals surface area (Å²) in [6.07, 6.45) is 3.49. The molecule has 3 rings (SSSR count). The lowest BCUT2D eigenvalue weighted by molar-refractivity contribution is 0.0955. The zero-order valence-corrected chi connectivity index (χ0v) is 12.5. The second-order valence-electron chi connectivity index (χ2n) is 5.52. The molecule has 0 unspecified atom stereocenters. The third kappa shape index (κ3) is 3.01. The Hall–Kier alpha value is -2.62. The molecule has 0 bridgehead atoms. The lowest BCUT2D eigenvalue weighted by Gasteiger charge is -2.06. The molecular weight excluding hydrogens is 276 g/mol. The maximum atomic E-state index is 12.0. The molecule has 4 heteroatoms. The van der Waals surface area contributed by atoms with Crippen LogP contribution in [0, 0.1) is 0 Å². The highest BCUT2D eigenvalue weighted by Gasteiger charge is 2.12. The normalized spacial score (nSPS) is 13.8. The van der Waals surface area contributed by atoms with Gasteiger partial charge in [-0.15, -0.1) is 0 Å². The molecule has 2 aromatic rings. The monoisotopic (exact) mass is 294 g/mol. The zero-order valence-electron chi connectivity index (χ0n) is 12.5. The van der Waals surface area contributed by atoms with E-state index in [1.54, 1.807) is 12.1 Å². The number of nitrogens with zero attached hydrogens (tertiary/aromatic N) is 1. The van der Waals surface area contributed by atoms with Gasteiger partial charge in [0.25, 0.3) is 5.91 Å². The van der Waals surface area contributed by atoms with Gasteiger partial charge in [0.1, 0.15) is 5.75 Å². The summed E-state index contributed by atoms with van der Waals surface area (Å²) in [7, 11) is 0. The molecule has 2 N–H and O–H groups in total. The number of nitrogens with one attached hydrogen (secondary N) is 1. The van der Waals surface area contributed by atoms with Crippen LogP contribution in [0.2, 0.25) is 0 Å². The zero-order chi connectivity index (χ0) is 15.5. The largest absolute Gasteiger partial charge is 0.508 e. The van der Waals surface area contributed by atoms with Gasteiger partial charge < -0.3 is 5.11 Å². The number of carbonyl (C=O) groups excluding carboxylic acids is 1. The summed E-state index contributed by atoms with van der Waals surface area (Å²) >= 11 is 0. The lowest BCUT2D eigenvalue weighted by atomic mass is 10.0. The molecule has 1 aliphatic carbocycles. The van der Waals surface area contributed by atoms with E-state index in [4.69, 9.17) is 0 Å². The minimum absolute atomic E-state index is 0.134. The van der Waals surface area contributed by atoms with Crippen LogP contribution < -0.4 is 5.43 Å². The first kappa shape index (κ1) is 14.3. The Balaban J connectivity index is 1.72. The smallest absolute Gasteiger partial charge is 0.271 e. The number of phenolic OH excluding ortho intramolecular Hbond substituents is 1. The topological polar surface area (TPSA) is 61.7 Å². The first-order chi connectivity index (χ1) is 10.6. The van der Waals surface area contributed by atoms with Crippen molar-refractivity contribution in [3.05, 3.63) is 64.7 Å². The second-order valence-corrected chi connectivity index (χ2v) is 5.52. The molecule has 0 saturated heterocycles. The Morgan fingerprint density at radius 3 is 2.50 bits per heavy atom. The van der Waals surface area contributed by atoms with Crippen molar-refractivity contribution in [3.63, 3.8) is 0 Å². The van der Waals surface area contributed by atoms with Gasteiger partial charge in [0.15, 0.2) is 0 Å². The van der Waals surface area contributed by atoms with E-state index in [9.17, 15) is 9.90 Å². The summed E-state index contributed by atoms with van der Waals surface area (Å²) in [5, 5.41) is 13.4. The van der Waals surface area contributed by atoms with Crippen molar-refractivity contribution in [2.45, 2.75) is 26.2 Å². The summed E-state index contributed by atoms with van der Waals surface area (Å²) in [6.45, 7) is 1.88. The van der Waals surface area contributed by atoms with E-state index in [-0.39, 0.29) is 11.7 Å². The number of amides is 1. The van der Waals surface area contributed by atoms with E-state index in [0.717, 1.165) is 24.1 Å². The predicted molar refractivity (Wildman–Crippen MR) is 86.3 cm³/mol. The number of aromatic hydroxyl groups is 1. The number of hydrazone groups is 1. The second kappa shape index (κ2) is 6.02. The van der Waals surface area contributed by atoms with Gasteiger partial charge in [-0.3, -0.25) is 4.79 Å². The molecule has 0 fully saturated rings. The third-order valence-electron chi connectivity index (χ3n) is 3.97. The number of rotatable bonds is 3. The van der Waals surface area contributed by atoms with Crippen molar-refractivity contribution in [3.8, 4) is 5.75 Å². The standard InChI is InChI=1S/C18H18N2O2/c1-12(15-6-5-13-3-2-4-16(13)11-15)19-20-18(22)14-7-9-17(21)10-8-14/h5-11,21H,2-4H2,1H3,(H,20,22)/b19-12-. The third-order valence-corrected chi connectivity index (χ3v) is 3.97. The number of hydrogen-bond acceptors (Lipinski definition) is 3. The summed E-state index contributed by atoms with van der Waals surface area (Å²) in [5.74, 6) is -0.158. The van der Waals surface area contributed by atoms with Gasteiger partial charge in [-0.2, -0.15) is 5.10 Å². The van der Waals surface area contributed by atoms with E-state index in [1.165, 1.54) is 29.7 Å². The fraction of sp³-hybridized carbons (Fsp3) is 0.222. The van der Waals surface area contributed by atoms with Crippen LogP contribution in [0.4, 0.5) is 0 Å². The Labute approximate surface area is 129 Å². The van der Waals surface area contributed by atoms with E-state index in [2.05, 4.69) is 28.7 Å². The van der Waals surface area contributed by atoms with Crippen molar-refractivity contribution in [2.75, 3.05) is 0 Å². The maximum Gasteiger partial charge on any atom is 0.271 e. The van der Waals surface area contributed by atoms with Crippen molar-refractivity contribution >= 4 is 11.6 Å². The average Bonchev–Trinajstić information content (AvgIpc) is 3.00. The first-order valence-corrected chi connectivity index (χ1v) is 7.39. The van der Waals surface area contributed by atoms with Crippen molar-refractivity contribution in [1.29, 1.82) is 0 Å². The molecule has 1 amide bonds. The van der Waals surface area contributed by atoms with Gasteiger partial charge in [-0.25, -0.2) is 5.43 Å². The summed E-state index contributed by atoms with van der Waals surface area (Å²) in [5.41, 5.74) is 7.63. The minimum atomic E-state index is -0.291. The van der Waals surface area contributed by atoms with Gasteiger partial charge >= 0.3 is 0 Å². The fourth-order valence-corrected chi connectivity index (χ4v) is 2.67. The molecule has 0 heterocycles. The SMILES string of the molecule is C/C(=N/NC(=O)c1ccc(O)cc1)c1ccc2c(c1)CCC2. The quantitative estimate of drug-likeness (QED) is 0.675. The lowest BCUT2D eigenvalue weighted by Crippen LogP contribution is -2.19. The van der Waals surface area contributed by atoms with Crippen LogP contribution in [0.25, 0.3) is 0 Å². The van der Waals surface area contributed by atoms with E-state index < -0.39 is 0 Å². The van der Waals surface area contributed by atoms with Crippen LogP contribution in [0.5, 0.6) is 5.75 Å². The van der Waals surface area contributed by atoms with E-state index >= 15 is 0 Å². The van der Waals surface area contributed by atoms with E-state index in [0.29, 0.717) is 5.56 Å². The molecule has 0 aromatic heterocycles. The number of benzene rings is 2. The van der Waals surface area contributed by atoms with Crippen LogP contribution in [-0.2, 0) is 12.8 Å². The number of phenols is 1. The molecule has 2 aromatic carbocycles. The predicted octanol–water partition coefficient (Wildman–Crippen LogP) is 3.03. The Morgan fingerprint density at radius 1 is 1.05 bits per heavy atom. The molecule has 22 heavy (non-hydrogen) atoms. The van der Waals surface area contributed by atoms with Crippen molar-refractivity contribution < 1.29 is 9.90 Å². The van der Waals surface area contributed by atoms with Crippen LogP contribution in [0.15, 0.2) is 47.6 Å². The van der Waals surface area contributed by atoms with Gasteiger partial charge in [0.05, 0.1) is 5.71 Å². The molecule has 4 nitrogen and oxygen atoms in total. The van der Waals surface area contributed by atoms with Crippen molar-refractivity contribution in [1.82, 2.24) is 5.43 Å². The number of aryl methyl sites for hydroxylation is 2. The Morgan fingerprint density at radius 2 is 1.73 bits per heavy atom. The molecule has 0 spiro atoms. The van der Waals surface area contributed by atoms with Crippen LogP contribution in [0.1, 0.15) is 40.4 Å². The number of fused-ring (bicyclic) bond motifs is 1. The average molecular weight is 294 g/mol. The molecule has 1 aliphatic rings. The molecule has 0 radical (unpaired) electrons. The molecule has 112 valence electrons. The highest BCUT2D eigenvalue weighted by atomic mass is 16.3. The molecular formula is C18H18N2O2. The van der Waals surface area contributed by atoms with E-state index in [1.807, 2.05) is 6.92 Å². The van der Waals surface area contributed by atoms with Crippen LogP contribution in [0.3, 0.4) is 0 Å². The van der Waals surface area contributed by atoms with Crippen LogP contribution in [-0.4, -0.2) is 16.7 Å². The van der Waals surface area contributed by atoms with Crippen LogP contribution >= 0.6 is 0 Å². The van der Waals surface area contributed by atoms with Crippen molar-refractivity contribution in [2.24, 2.45) is 5.10 Å². The highest BCUT2D eigenvalue weighted by molar-refractivity contribution is 6.01. The number of hydrogen-bond donors (Lipinski definition) is 2. The maximum absolute atomic E-state index is 12.0. The first-order valence-electron chi connectivity index (χ1n) is 7.39. The molecule has 0 aliphatic heterocycles. The molecule has 0 saturated carbocycles. The summed E-state index contributed by atoms with van der Waals surface area (Å²) in [6, 6.07) is 12.4. The van der Waals surface area contributed by atoms with Gasteiger partial charge in [-0.1, -0.05) is 12.1 Å². The summed E-state index contributed by atoms with van der Waals surface area (Å²) in [4.78, 5) is 12.0. The summed E-state index contributed by atoms with van der Waals surface area (Å²) < 4.78 is 0.